The normalized spacial score (nSPS) is 42.0. The molecule has 2 aliphatic rings. The summed E-state index contributed by atoms with van der Waals surface area (Å²) in [4.78, 5) is 0. The average molecular weight is 213 g/mol. The van der Waals surface area contributed by atoms with E-state index in [1.54, 1.807) is 0 Å². The van der Waals surface area contributed by atoms with Gasteiger partial charge in [-0.05, 0) is 39.2 Å². The Morgan fingerprint density at radius 2 is 2.20 bits per heavy atom. The maximum absolute atomic E-state index is 6.05. The van der Waals surface area contributed by atoms with Crippen LogP contribution in [0.3, 0.4) is 0 Å². The van der Waals surface area contributed by atoms with Gasteiger partial charge in [-0.1, -0.05) is 0 Å². The molecule has 0 aromatic heterocycles. The zero-order valence-corrected chi connectivity index (χ0v) is 9.92. The van der Waals surface area contributed by atoms with E-state index in [0.717, 1.165) is 25.9 Å². The van der Waals surface area contributed by atoms with Crippen molar-refractivity contribution in [3.8, 4) is 0 Å². The first-order valence-corrected chi connectivity index (χ1v) is 6.12. The van der Waals surface area contributed by atoms with Crippen LogP contribution in [0, 0.1) is 0 Å². The van der Waals surface area contributed by atoms with Crippen LogP contribution in [0.4, 0.5) is 0 Å². The Kier molecular flexibility index (Phi) is 3.65. The lowest BCUT2D eigenvalue weighted by molar-refractivity contribution is -0.135. The lowest BCUT2D eigenvalue weighted by Gasteiger charge is -2.45. The van der Waals surface area contributed by atoms with E-state index in [1.165, 1.54) is 19.3 Å². The number of rotatable bonds is 2. The number of ether oxygens (including phenoxy) is 2. The van der Waals surface area contributed by atoms with Crippen LogP contribution in [-0.2, 0) is 9.47 Å². The van der Waals surface area contributed by atoms with Crippen LogP contribution < -0.4 is 5.32 Å². The molecule has 1 saturated heterocycles. The first-order chi connectivity index (χ1) is 7.28. The fourth-order valence-corrected chi connectivity index (χ4v) is 3.06. The molecule has 0 aromatic rings. The van der Waals surface area contributed by atoms with Gasteiger partial charge in [-0.3, -0.25) is 0 Å². The first kappa shape index (κ1) is 11.4. The third kappa shape index (κ3) is 2.52. The molecular formula is C12H23NO2. The van der Waals surface area contributed by atoms with E-state index in [0.29, 0.717) is 12.1 Å². The monoisotopic (exact) mass is 213 g/mol. The second-order valence-electron chi connectivity index (χ2n) is 4.96. The van der Waals surface area contributed by atoms with E-state index in [9.17, 15) is 0 Å². The van der Waals surface area contributed by atoms with Gasteiger partial charge in [-0.2, -0.15) is 0 Å². The smallest absolute Gasteiger partial charge is 0.0722 e. The summed E-state index contributed by atoms with van der Waals surface area (Å²) in [6, 6.07) is 0.634. The van der Waals surface area contributed by atoms with Crippen molar-refractivity contribution in [2.45, 2.75) is 56.3 Å². The van der Waals surface area contributed by atoms with Crippen molar-refractivity contribution in [2.75, 3.05) is 20.8 Å². The molecule has 3 unspecified atom stereocenters. The maximum Gasteiger partial charge on any atom is 0.0722 e. The summed E-state index contributed by atoms with van der Waals surface area (Å²) in [5.74, 6) is 0. The average Bonchev–Trinajstić information content (AvgIpc) is 2.29. The molecule has 1 spiro atoms. The predicted molar refractivity (Wildman–Crippen MR) is 60.0 cm³/mol. The van der Waals surface area contributed by atoms with E-state index < -0.39 is 0 Å². The Balaban J connectivity index is 1.98. The number of hydrogen-bond donors (Lipinski definition) is 1. The second-order valence-corrected chi connectivity index (χ2v) is 4.96. The molecule has 1 heterocycles. The molecule has 0 bridgehead atoms. The fraction of sp³-hybridized carbons (Fsp3) is 1.00. The minimum absolute atomic E-state index is 0.116. The zero-order chi connectivity index (χ0) is 10.7. The lowest BCUT2D eigenvalue weighted by atomic mass is 9.77. The van der Waals surface area contributed by atoms with Crippen LogP contribution in [0.2, 0.25) is 0 Å². The van der Waals surface area contributed by atoms with Gasteiger partial charge in [-0.25, -0.2) is 0 Å². The van der Waals surface area contributed by atoms with Crippen LogP contribution in [0.1, 0.15) is 38.5 Å². The highest BCUT2D eigenvalue weighted by Crippen LogP contribution is 2.39. The fourth-order valence-electron chi connectivity index (χ4n) is 3.06. The Bertz CT molecular complexity index is 186. The number of hydrogen-bond acceptors (Lipinski definition) is 3. The molecule has 2 rings (SSSR count). The number of methoxy groups -OCH3 is 1. The van der Waals surface area contributed by atoms with Crippen molar-refractivity contribution in [2.24, 2.45) is 0 Å². The van der Waals surface area contributed by atoms with E-state index in [4.69, 9.17) is 9.47 Å². The Morgan fingerprint density at radius 3 is 2.93 bits per heavy atom. The molecule has 1 aliphatic heterocycles. The zero-order valence-electron chi connectivity index (χ0n) is 9.92. The van der Waals surface area contributed by atoms with Gasteiger partial charge >= 0.3 is 0 Å². The summed E-state index contributed by atoms with van der Waals surface area (Å²) in [5.41, 5.74) is 0.116. The van der Waals surface area contributed by atoms with Gasteiger partial charge in [0.15, 0.2) is 0 Å². The Labute approximate surface area is 92.5 Å². The topological polar surface area (TPSA) is 30.5 Å². The van der Waals surface area contributed by atoms with Crippen LogP contribution in [0.25, 0.3) is 0 Å². The Hall–Kier alpha value is -0.120. The van der Waals surface area contributed by atoms with Gasteiger partial charge in [0.05, 0.1) is 11.7 Å². The van der Waals surface area contributed by atoms with Gasteiger partial charge in [0.1, 0.15) is 0 Å². The molecule has 1 saturated carbocycles. The van der Waals surface area contributed by atoms with Gasteiger partial charge in [0, 0.05) is 26.2 Å². The molecule has 1 N–H and O–H groups in total. The Morgan fingerprint density at radius 1 is 1.33 bits per heavy atom. The molecule has 0 amide bonds. The van der Waals surface area contributed by atoms with Crippen LogP contribution in [0.15, 0.2) is 0 Å². The molecule has 2 fully saturated rings. The van der Waals surface area contributed by atoms with Gasteiger partial charge in [0.2, 0.25) is 0 Å². The third-order valence-electron chi connectivity index (χ3n) is 3.99. The molecule has 1 aliphatic carbocycles. The van der Waals surface area contributed by atoms with Crippen molar-refractivity contribution in [3.05, 3.63) is 0 Å². The van der Waals surface area contributed by atoms with Crippen molar-refractivity contribution >= 4 is 0 Å². The predicted octanol–water partition coefficient (Wildman–Crippen LogP) is 1.71. The standard InChI is InChI=1S/C12H23NO2/c1-13-10-5-7-15-12(8-10)6-3-4-11(9-12)14-2/h10-11,13H,3-9H2,1-2H3. The van der Waals surface area contributed by atoms with E-state index in [2.05, 4.69) is 12.4 Å². The lowest BCUT2D eigenvalue weighted by Crippen LogP contribution is -2.49. The SMILES string of the molecule is CNC1CCOC2(CCCC(OC)C2)C1. The second kappa shape index (κ2) is 4.81. The summed E-state index contributed by atoms with van der Waals surface area (Å²) in [6.45, 7) is 0.905. The van der Waals surface area contributed by atoms with Gasteiger partial charge in [0.25, 0.3) is 0 Å². The van der Waals surface area contributed by atoms with Crippen LogP contribution >= 0.6 is 0 Å². The quantitative estimate of drug-likeness (QED) is 0.757. The molecule has 3 heteroatoms. The van der Waals surface area contributed by atoms with Crippen LogP contribution in [0.5, 0.6) is 0 Å². The van der Waals surface area contributed by atoms with Crippen molar-refractivity contribution < 1.29 is 9.47 Å². The molecule has 3 atom stereocenters. The summed E-state index contributed by atoms with van der Waals surface area (Å²) in [7, 11) is 3.88. The van der Waals surface area contributed by atoms with Gasteiger partial charge < -0.3 is 14.8 Å². The summed E-state index contributed by atoms with van der Waals surface area (Å²) >= 11 is 0. The van der Waals surface area contributed by atoms with E-state index >= 15 is 0 Å². The van der Waals surface area contributed by atoms with Crippen molar-refractivity contribution in [3.63, 3.8) is 0 Å². The molecule has 0 aromatic carbocycles. The van der Waals surface area contributed by atoms with E-state index in [-0.39, 0.29) is 5.60 Å². The highest BCUT2D eigenvalue weighted by Gasteiger charge is 2.41. The first-order valence-electron chi connectivity index (χ1n) is 6.12. The van der Waals surface area contributed by atoms with Crippen LogP contribution in [-0.4, -0.2) is 38.5 Å². The minimum Gasteiger partial charge on any atom is -0.381 e. The summed E-state index contributed by atoms with van der Waals surface area (Å²) in [5, 5.41) is 3.39. The highest BCUT2D eigenvalue weighted by molar-refractivity contribution is 4.94. The maximum atomic E-state index is 6.05. The van der Waals surface area contributed by atoms with E-state index in [1.807, 2.05) is 7.11 Å². The molecule has 3 nitrogen and oxygen atoms in total. The summed E-state index contributed by atoms with van der Waals surface area (Å²) in [6.07, 6.45) is 7.46. The third-order valence-corrected chi connectivity index (χ3v) is 3.99. The molecule has 0 radical (unpaired) electrons. The molecule has 15 heavy (non-hydrogen) atoms. The van der Waals surface area contributed by atoms with Crippen molar-refractivity contribution in [1.29, 1.82) is 0 Å². The minimum atomic E-state index is 0.116. The highest BCUT2D eigenvalue weighted by atomic mass is 16.5. The van der Waals surface area contributed by atoms with Crippen molar-refractivity contribution in [1.82, 2.24) is 5.32 Å². The largest absolute Gasteiger partial charge is 0.381 e. The number of nitrogens with one attached hydrogen (secondary N) is 1. The molecule has 88 valence electrons. The molecular weight excluding hydrogens is 190 g/mol. The summed E-state index contributed by atoms with van der Waals surface area (Å²) < 4.78 is 11.5. The van der Waals surface area contributed by atoms with Gasteiger partial charge in [-0.15, -0.1) is 0 Å².